The van der Waals surface area contributed by atoms with Gasteiger partial charge in [0.25, 0.3) is 0 Å². The maximum Gasteiger partial charge on any atom is 0.349 e. The molecule has 0 atom stereocenters. The minimum Gasteiger partial charge on any atom is -0.493 e. The highest BCUT2D eigenvalue weighted by molar-refractivity contribution is 9.12. The first-order valence-electron chi connectivity index (χ1n) is 2.94. The summed E-state index contributed by atoms with van der Waals surface area (Å²) in [6.07, 6.45) is 0. The summed E-state index contributed by atoms with van der Waals surface area (Å²) in [4.78, 5) is 10.7. The van der Waals surface area contributed by atoms with Crippen LogP contribution in [0.2, 0.25) is 0 Å². The summed E-state index contributed by atoms with van der Waals surface area (Å²) in [5.41, 5.74) is 0. The third kappa shape index (κ3) is 1.31. The standard InChI is InChI=1S/C6H7BrO3/c1-2-9-4-3-10-6(8)5(4)7/h2-3H2,1H3. The number of esters is 1. The van der Waals surface area contributed by atoms with Crippen molar-refractivity contribution >= 4 is 21.9 Å². The summed E-state index contributed by atoms with van der Waals surface area (Å²) < 4.78 is 10.1. The van der Waals surface area contributed by atoms with E-state index in [1.165, 1.54) is 0 Å². The van der Waals surface area contributed by atoms with Crippen LogP contribution < -0.4 is 0 Å². The highest BCUT2D eigenvalue weighted by Gasteiger charge is 2.23. The van der Waals surface area contributed by atoms with E-state index in [1.54, 1.807) is 0 Å². The average Bonchev–Trinajstić information content (AvgIpc) is 2.20. The lowest BCUT2D eigenvalue weighted by Crippen LogP contribution is -1.94. The van der Waals surface area contributed by atoms with Crippen LogP contribution >= 0.6 is 15.9 Å². The van der Waals surface area contributed by atoms with E-state index in [2.05, 4.69) is 20.7 Å². The van der Waals surface area contributed by atoms with E-state index in [4.69, 9.17) is 4.74 Å². The Bertz CT molecular complexity index is 185. The molecule has 0 spiro atoms. The van der Waals surface area contributed by atoms with Gasteiger partial charge in [-0.05, 0) is 22.9 Å². The van der Waals surface area contributed by atoms with Crippen molar-refractivity contribution < 1.29 is 14.3 Å². The molecule has 0 saturated carbocycles. The molecule has 1 heterocycles. The van der Waals surface area contributed by atoms with Gasteiger partial charge in [0, 0.05) is 0 Å². The maximum absolute atomic E-state index is 10.7. The zero-order valence-electron chi connectivity index (χ0n) is 5.52. The molecule has 0 bridgehead atoms. The first-order chi connectivity index (χ1) is 4.75. The van der Waals surface area contributed by atoms with Crippen LogP contribution in [0.25, 0.3) is 0 Å². The van der Waals surface area contributed by atoms with E-state index in [0.717, 1.165) is 0 Å². The molecule has 0 amide bonds. The second-order valence-corrected chi connectivity index (χ2v) is 2.54. The van der Waals surface area contributed by atoms with Crippen LogP contribution in [0, 0.1) is 0 Å². The van der Waals surface area contributed by atoms with Crippen LogP contribution in [0.3, 0.4) is 0 Å². The Balaban J connectivity index is 2.65. The molecule has 0 radical (unpaired) electrons. The lowest BCUT2D eigenvalue weighted by molar-refractivity contribution is -0.135. The molecule has 0 unspecified atom stereocenters. The van der Waals surface area contributed by atoms with Gasteiger partial charge in [-0.3, -0.25) is 0 Å². The van der Waals surface area contributed by atoms with Crippen molar-refractivity contribution in [2.45, 2.75) is 6.92 Å². The third-order valence-electron chi connectivity index (χ3n) is 1.08. The summed E-state index contributed by atoms with van der Waals surface area (Å²) in [5, 5.41) is 0. The van der Waals surface area contributed by atoms with Gasteiger partial charge in [0.15, 0.2) is 12.4 Å². The minimum atomic E-state index is -0.344. The summed E-state index contributed by atoms with van der Waals surface area (Å²) in [7, 11) is 0. The molecule has 0 aromatic heterocycles. The summed E-state index contributed by atoms with van der Waals surface area (Å²) in [6.45, 7) is 2.67. The van der Waals surface area contributed by atoms with Crippen molar-refractivity contribution in [3.8, 4) is 0 Å². The summed E-state index contributed by atoms with van der Waals surface area (Å²) in [6, 6.07) is 0. The highest BCUT2D eigenvalue weighted by atomic mass is 79.9. The van der Waals surface area contributed by atoms with Crippen LogP contribution in [-0.2, 0) is 14.3 Å². The number of halogens is 1. The SMILES string of the molecule is CCOC1=C(Br)C(=O)OC1. The number of carbonyl (C=O) groups is 1. The first-order valence-corrected chi connectivity index (χ1v) is 3.73. The molecule has 1 aliphatic rings. The normalized spacial score (nSPS) is 17.6. The van der Waals surface area contributed by atoms with Crippen molar-refractivity contribution in [1.82, 2.24) is 0 Å². The number of hydrogen-bond donors (Lipinski definition) is 0. The molecule has 0 aromatic rings. The van der Waals surface area contributed by atoms with Gasteiger partial charge < -0.3 is 9.47 Å². The zero-order chi connectivity index (χ0) is 7.56. The zero-order valence-corrected chi connectivity index (χ0v) is 7.10. The highest BCUT2D eigenvalue weighted by Crippen LogP contribution is 2.21. The minimum absolute atomic E-state index is 0.257. The van der Waals surface area contributed by atoms with Crippen LogP contribution in [0.5, 0.6) is 0 Å². The fraction of sp³-hybridized carbons (Fsp3) is 0.500. The first kappa shape index (κ1) is 7.60. The van der Waals surface area contributed by atoms with Gasteiger partial charge in [-0.15, -0.1) is 0 Å². The Morgan fingerprint density at radius 3 is 2.90 bits per heavy atom. The van der Waals surface area contributed by atoms with E-state index in [0.29, 0.717) is 16.8 Å². The molecule has 0 saturated heterocycles. The largest absolute Gasteiger partial charge is 0.493 e. The van der Waals surface area contributed by atoms with Crippen molar-refractivity contribution in [2.24, 2.45) is 0 Å². The molecule has 1 rings (SSSR count). The molecule has 56 valence electrons. The Hall–Kier alpha value is -0.510. The molecule has 3 nitrogen and oxygen atoms in total. The second-order valence-electron chi connectivity index (χ2n) is 1.75. The van der Waals surface area contributed by atoms with Crippen LogP contribution in [0.1, 0.15) is 6.92 Å². The van der Waals surface area contributed by atoms with Gasteiger partial charge in [0.1, 0.15) is 4.48 Å². The Morgan fingerprint density at radius 1 is 1.80 bits per heavy atom. The molecular weight excluding hydrogens is 200 g/mol. The van der Waals surface area contributed by atoms with Gasteiger partial charge in [-0.2, -0.15) is 0 Å². The van der Waals surface area contributed by atoms with E-state index < -0.39 is 0 Å². The van der Waals surface area contributed by atoms with Crippen LogP contribution in [0.15, 0.2) is 10.2 Å². The molecule has 1 aliphatic heterocycles. The lowest BCUT2D eigenvalue weighted by atomic mass is 10.5. The number of hydrogen-bond acceptors (Lipinski definition) is 3. The van der Waals surface area contributed by atoms with Crippen molar-refractivity contribution in [2.75, 3.05) is 13.2 Å². The molecule has 10 heavy (non-hydrogen) atoms. The average molecular weight is 207 g/mol. The van der Waals surface area contributed by atoms with E-state index in [1.807, 2.05) is 6.92 Å². The number of rotatable bonds is 2. The number of cyclic esters (lactones) is 1. The van der Waals surface area contributed by atoms with Crippen molar-refractivity contribution in [3.05, 3.63) is 10.2 Å². The van der Waals surface area contributed by atoms with Gasteiger partial charge >= 0.3 is 5.97 Å². The third-order valence-corrected chi connectivity index (χ3v) is 1.84. The predicted molar refractivity (Wildman–Crippen MR) is 38.5 cm³/mol. The van der Waals surface area contributed by atoms with Crippen molar-refractivity contribution in [1.29, 1.82) is 0 Å². The Kier molecular flexibility index (Phi) is 2.32. The fourth-order valence-electron chi connectivity index (χ4n) is 0.651. The summed E-state index contributed by atoms with van der Waals surface area (Å²) in [5.74, 6) is 0.246. The second kappa shape index (κ2) is 3.05. The van der Waals surface area contributed by atoms with Gasteiger partial charge in [0.2, 0.25) is 0 Å². The summed E-state index contributed by atoms with van der Waals surface area (Å²) >= 11 is 3.05. The fourth-order valence-corrected chi connectivity index (χ4v) is 0.994. The topological polar surface area (TPSA) is 35.5 Å². The van der Waals surface area contributed by atoms with Crippen LogP contribution in [0.4, 0.5) is 0 Å². The maximum atomic E-state index is 10.7. The van der Waals surface area contributed by atoms with Gasteiger partial charge in [-0.1, -0.05) is 0 Å². The number of carbonyl (C=O) groups excluding carboxylic acids is 1. The monoisotopic (exact) mass is 206 g/mol. The lowest BCUT2D eigenvalue weighted by Gasteiger charge is -1.99. The molecule has 4 heteroatoms. The van der Waals surface area contributed by atoms with Gasteiger partial charge in [0.05, 0.1) is 6.61 Å². The van der Waals surface area contributed by atoms with E-state index in [-0.39, 0.29) is 12.6 Å². The number of ether oxygens (including phenoxy) is 2. The Labute approximate surface area is 67.1 Å². The predicted octanol–water partition coefficient (Wildman–Crippen LogP) is 1.19. The smallest absolute Gasteiger partial charge is 0.349 e. The molecule has 0 N–H and O–H groups in total. The van der Waals surface area contributed by atoms with Gasteiger partial charge in [-0.25, -0.2) is 4.79 Å². The molecule has 0 fully saturated rings. The van der Waals surface area contributed by atoms with E-state index in [9.17, 15) is 4.79 Å². The molecular formula is C6H7BrO3. The van der Waals surface area contributed by atoms with Crippen LogP contribution in [-0.4, -0.2) is 19.2 Å². The molecule has 0 aromatic carbocycles. The van der Waals surface area contributed by atoms with E-state index >= 15 is 0 Å². The quantitative estimate of drug-likeness (QED) is 0.638. The Morgan fingerprint density at radius 2 is 2.50 bits per heavy atom. The van der Waals surface area contributed by atoms with Crippen molar-refractivity contribution in [3.63, 3.8) is 0 Å². The molecule has 0 aliphatic carbocycles.